The minimum atomic E-state index is -3.86. The number of ether oxygens (including phenoxy) is 2. The molecule has 0 amide bonds. The van der Waals surface area contributed by atoms with Crippen molar-refractivity contribution in [3.8, 4) is 23.3 Å². The summed E-state index contributed by atoms with van der Waals surface area (Å²) < 4.78 is 63.4. The number of fused-ring (bicyclic) bond motifs is 1. The molecule has 0 bridgehead atoms. The molecular formula is C16H10F3NO4S. The lowest BCUT2D eigenvalue weighted by Crippen LogP contribution is -2.28. The van der Waals surface area contributed by atoms with Crippen molar-refractivity contribution in [2.75, 3.05) is 7.11 Å². The summed E-state index contributed by atoms with van der Waals surface area (Å²) in [7, 11) is 1.17. The molecule has 5 nitrogen and oxygen atoms in total. The number of nitrogens with zero attached hydrogens (tertiary/aromatic N) is 1. The molecule has 0 radical (unpaired) electrons. The van der Waals surface area contributed by atoms with Crippen molar-refractivity contribution in [2.24, 2.45) is 0 Å². The van der Waals surface area contributed by atoms with Gasteiger partial charge in [0.15, 0.2) is 16.4 Å². The van der Waals surface area contributed by atoms with Crippen LogP contribution >= 0.6 is 0 Å². The van der Waals surface area contributed by atoms with Crippen LogP contribution in [0.2, 0.25) is 0 Å². The predicted octanol–water partition coefficient (Wildman–Crippen LogP) is 3.25. The third kappa shape index (κ3) is 2.78. The molecule has 130 valence electrons. The van der Waals surface area contributed by atoms with E-state index in [-0.39, 0.29) is 33.3 Å². The van der Waals surface area contributed by atoms with Gasteiger partial charge < -0.3 is 19.1 Å². The maximum atomic E-state index is 13.8. The Morgan fingerprint density at radius 2 is 2.04 bits per heavy atom. The normalized spacial score (nSPS) is 20.7. The monoisotopic (exact) mass is 369 g/mol. The molecule has 0 aromatic heterocycles. The van der Waals surface area contributed by atoms with E-state index in [2.05, 4.69) is 0 Å². The summed E-state index contributed by atoms with van der Waals surface area (Å²) in [5, 5.41) is 14.8. The second-order valence-corrected chi connectivity index (χ2v) is 6.65. The highest BCUT2D eigenvalue weighted by Gasteiger charge is 2.62. The van der Waals surface area contributed by atoms with Gasteiger partial charge >= 0.3 is 5.25 Å². The summed E-state index contributed by atoms with van der Waals surface area (Å²) in [4.78, 5) is -0.265. The number of methoxy groups -OCH3 is 1. The molecule has 1 aliphatic heterocycles. The molecule has 0 aliphatic carbocycles. The van der Waals surface area contributed by atoms with Gasteiger partial charge in [-0.05, 0) is 24.3 Å². The Morgan fingerprint density at radius 1 is 1.32 bits per heavy atom. The molecule has 0 spiro atoms. The van der Waals surface area contributed by atoms with Crippen molar-refractivity contribution >= 4 is 11.2 Å². The summed E-state index contributed by atoms with van der Waals surface area (Å²) >= 11 is -2.74. The van der Waals surface area contributed by atoms with Gasteiger partial charge in [-0.2, -0.15) is 14.0 Å². The standard InChI is InChI=1S/C16H10F3NO4S/c1-23-14-11(24-10-5-8(7-20)4-9(17)6-10)2-3-12-13(14)15(21)16(18,19)25(12)22/h2-6,15,21H,1H3. The highest BCUT2D eigenvalue weighted by atomic mass is 32.2. The third-order valence-corrected chi connectivity index (χ3v) is 5.06. The Labute approximate surface area is 143 Å². The van der Waals surface area contributed by atoms with Gasteiger partial charge in [0.05, 0.1) is 35.5 Å². The molecule has 9 heteroatoms. The van der Waals surface area contributed by atoms with E-state index in [1.54, 1.807) is 6.07 Å². The van der Waals surface area contributed by atoms with E-state index in [0.29, 0.717) is 0 Å². The van der Waals surface area contributed by atoms with Gasteiger partial charge in [-0.15, -0.1) is 0 Å². The quantitative estimate of drug-likeness (QED) is 0.840. The minimum Gasteiger partial charge on any atom is -0.607 e. The topological polar surface area (TPSA) is 85.5 Å². The lowest BCUT2D eigenvalue weighted by Gasteiger charge is -2.14. The summed E-state index contributed by atoms with van der Waals surface area (Å²) in [6, 6.07) is 7.35. The number of hydrogen-bond donors (Lipinski definition) is 1. The Hall–Kier alpha value is -2.41. The molecule has 25 heavy (non-hydrogen) atoms. The first kappa shape index (κ1) is 17.4. The van der Waals surface area contributed by atoms with Crippen LogP contribution in [0.15, 0.2) is 35.2 Å². The molecule has 1 N–H and O–H groups in total. The molecule has 2 unspecified atom stereocenters. The van der Waals surface area contributed by atoms with E-state index < -0.39 is 28.4 Å². The van der Waals surface area contributed by atoms with E-state index >= 15 is 0 Å². The summed E-state index contributed by atoms with van der Waals surface area (Å²) in [6.07, 6.45) is -2.33. The Bertz CT molecular complexity index is 884. The Kier molecular flexibility index (Phi) is 4.28. The SMILES string of the molecule is COc1c(Oc2cc(F)cc(C#N)c2)ccc2c1C(O)C(F)(F)[S+]2[O-]. The molecule has 0 fully saturated rings. The first-order chi connectivity index (χ1) is 11.8. The summed E-state index contributed by atoms with van der Waals surface area (Å²) in [6.45, 7) is 0. The van der Waals surface area contributed by atoms with Gasteiger partial charge in [-0.25, -0.2) is 4.39 Å². The average Bonchev–Trinajstić information content (AvgIpc) is 2.75. The van der Waals surface area contributed by atoms with Crippen LogP contribution in [0.1, 0.15) is 17.2 Å². The van der Waals surface area contributed by atoms with E-state index in [9.17, 15) is 22.8 Å². The van der Waals surface area contributed by atoms with Crippen molar-refractivity contribution in [3.05, 3.63) is 47.3 Å². The van der Waals surface area contributed by atoms with Gasteiger partial charge in [0.2, 0.25) is 6.10 Å². The van der Waals surface area contributed by atoms with E-state index in [1.165, 1.54) is 19.2 Å². The van der Waals surface area contributed by atoms with Crippen molar-refractivity contribution in [3.63, 3.8) is 0 Å². The maximum absolute atomic E-state index is 13.8. The van der Waals surface area contributed by atoms with Crippen molar-refractivity contribution in [1.29, 1.82) is 5.26 Å². The molecule has 2 aromatic rings. The number of alkyl halides is 2. The Balaban J connectivity index is 2.08. The lowest BCUT2D eigenvalue weighted by molar-refractivity contribution is -0.0385. The van der Waals surface area contributed by atoms with Gasteiger partial charge in [-0.1, -0.05) is 0 Å². The summed E-state index contributed by atoms with van der Waals surface area (Å²) in [5.74, 6) is -1.11. The zero-order valence-corrected chi connectivity index (χ0v) is 13.4. The van der Waals surface area contributed by atoms with E-state index in [0.717, 1.165) is 18.2 Å². The highest BCUT2D eigenvalue weighted by Crippen LogP contribution is 2.54. The first-order valence-electron chi connectivity index (χ1n) is 6.86. The van der Waals surface area contributed by atoms with Crippen LogP contribution in [0, 0.1) is 17.1 Å². The van der Waals surface area contributed by atoms with Gasteiger partial charge in [0.25, 0.3) is 0 Å². The molecule has 0 saturated carbocycles. The minimum absolute atomic E-state index is 0.00259. The molecule has 3 rings (SSSR count). The smallest absolute Gasteiger partial charge is 0.442 e. The number of aliphatic hydroxyl groups is 1. The number of hydrogen-bond acceptors (Lipinski definition) is 5. The molecule has 0 saturated heterocycles. The molecule has 1 heterocycles. The van der Waals surface area contributed by atoms with Crippen LogP contribution in [-0.4, -0.2) is 22.0 Å². The zero-order chi connectivity index (χ0) is 18.4. The van der Waals surface area contributed by atoms with Crippen LogP contribution in [0.25, 0.3) is 0 Å². The van der Waals surface area contributed by atoms with Crippen LogP contribution in [0.3, 0.4) is 0 Å². The van der Waals surface area contributed by atoms with E-state index in [1.807, 2.05) is 0 Å². The van der Waals surface area contributed by atoms with Gasteiger partial charge in [0, 0.05) is 6.07 Å². The largest absolute Gasteiger partial charge is 0.607 e. The average molecular weight is 369 g/mol. The fraction of sp³-hybridized carbons (Fsp3) is 0.188. The number of benzene rings is 2. The molecule has 2 aromatic carbocycles. The third-order valence-electron chi connectivity index (χ3n) is 3.59. The first-order valence-corrected chi connectivity index (χ1v) is 8.01. The lowest BCUT2D eigenvalue weighted by atomic mass is 10.1. The highest BCUT2D eigenvalue weighted by molar-refractivity contribution is 7.92. The van der Waals surface area contributed by atoms with Crippen molar-refractivity contribution in [2.45, 2.75) is 16.3 Å². The number of aliphatic hydroxyl groups excluding tert-OH is 1. The number of nitriles is 1. The van der Waals surface area contributed by atoms with Crippen molar-refractivity contribution < 1.29 is 32.3 Å². The number of halogens is 3. The summed E-state index contributed by atoms with van der Waals surface area (Å²) in [5.41, 5.74) is -0.344. The van der Waals surface area contributed by atoms with Crippen LogP contribution in [-0.2, 0) is 11.2 Å². The van der Waals surface area contributed by atoms with E-state index in [4.69, 9.17) is 14.7 Å². The second-order valence-electron chi connectivity index (χ2n) is 5.13. The second kappa shape index (κ2) is 6.15. The van der Waals surface area contributed by atoms with Gasteiger partial charge in [-0.3, -0.25) is 0 Å². The number of rotatable bonds is 3. The van der Waals surface area contributed by atoms with Crippen LogP contribution < -0.4 is 9.47 Å². The fourth-order valence-corrected chi connectivity index (χ4v) is 3.71. The predicted molar refractivity (Wildman–Crippen MR) is 80.5 cm³/mol. The van der Waals surface area contributed by atoms with Crippen LogP contribution in [0.4, 0.5) is 13.2 Å². The molecular weight excluding hydrogens is 359 g/mol. The van der Waals surface area contributed by atoms with Crippen LogP contribution in [0.5, 0.6) is 17.2 Å². The zero-order valence-electron chi connectivity index (χ0n) is 12.6. The van der Waals surface area contributed by atoms with Gasteiger partial charge in [0.1, 0.15) is 11.6 Å². The fourth-order valence-electron chi connectivity index (χ4n) is 2.50. The molecule has 2 atom stereocenters. The molecule has 1 aliphatic rings. The Morgan fingerprint density at radius 3 is 2.68 bits per heavy atom. The maximum Gasteiger partial charge on any atom is 0.442 e. The van der Waals surface area contributed by atoms with Crippen molar-refractivity contribution in [1.82, 2.24) is 0 Å².